The second-order valence-corrected chi connectivity index (χ2v) is 8.05. The Balaban J connectivity index is 1.35. The lowest BCUT2D eigenvalue weighted by molar-refractivity contribution is 0.0511. The van der Waals surface area contributed by atoms with Crippen molar-refractivity contribution in [2.75, 3.05) is 23.8 Å². The van der Waals surface area contributed by atoms with Crippen molar-refractivity contribution >= 4 is 56.9 Å². The van der Waals surface area contributed by atoms with Crippen molar-refractivity contribution in [3.63, 3.8) is 0 Å². The number of anilines is 4. The highest BCUT2D eigenvalue weighted by atomic mass is 19.1. The molecule has 3 heterocycles. The fraction of sp³-hybridized carbons (Fsp3) is 0.154. The molecule has 5 aromatic rings. The van der Waals surface area contributed by atoms with Gasteiger partial charge in [0.1, 0.15) is 11.4 Å². The number of hydrogen-bond acceptors (Lipinski definition) is 8. The molecule has 0 radical (unpaired) electrons. The Labute approximate surface area is 210 Å². The number of nitrogens with zero attached hydrogens (tertiary/aromatic N) is 2. The molecule has 10 nitrogen and oxygen atoms in total. The summed E-state index contributed by atoms with van der Waals surface area (Å²) in [7, 11) is 0. The minimum atomic E-state index is -0.632. The van der Waals surface area contributed by atoms with Gasteiger partial charge in [-0.2, -0.15) is 4.98 Å². The molecule has 37 heavy (non-hydrogen) atoms. The fourth-order valence-corrected chi connectivity index (χ4v) is 3.84. The second-order valence-electron chi connectivity index (χ2n) is 8.05. The van der Waals surface area contributed by atoms with Crippen LogP contribution in [0, 0.1) is 5.82 Å². The Morgan fingerprint density at radius 2 is 1.38 bits per heavy atom. The van der Waals surface area contributed by atoms with Crippen molar-refractivity contribution < 1.29 is 23.5 Å². The molecule has 0 bridgehead atoms. The second kappa shape index (κ2) is 9.97. The van der Waals surface area contributed by atoms with E-state index in [0.717, 1.165) is 28.0 Å². The molecule has 0 fully saturated rings. The molecular formula is C26H23FN6O4. The lowest BCUT2D eigenvalue weighted by Crippen LogP contribution is -2.04. The van der Waals surface area contributed by atoms with E-state index in [1.165, 1.54) is 0 Å². The van der Waals surface area contributed by atoms with Crippen LogP contribution in [0.15, 0.2) is 54.7 Å². The molecule has 0 amide bonds. The molecule has 0 spiro atoms. The van der Waals surface area contributed by atoms with Gasteiger partial charge in [0.25, 0.3) is 0 Å². The van der Waals surface area contributed by atoms with Gasteiger partial charge in [-0.3, -0.25) is 0 Å². The normalized spacial score (nSPS) is 11.0. The average Bonchev–Trinajstić information content (AvgIpc) is 3.50. The van der Waals surface area contributed by atoms with E-state index in [9.17, 15) is 14.0 Å². The molecule has 0 saturated heterocycles. The lowest BCUT2D eigenvalue weighted by atomic mass is 10.2. The zero-order valence-corrected chi connectivity index (χ0v) is 20.0. The number of halogens is 1. The zero-order valence-electron chi connectivity index (χ0n) is 20.0. The zero-order chi connectivity index (χ0) is 25.9. The molecule has 2 aromatic carbocycles. The van der Waals surface area contributed by atoms with Crippen molar-refractivity contribution in [3.05, 3.63) is 71.9 Å². The highest BCUT2D eigenvalue weighted by Gasteiger charge is 2.13. The molecule has 0 atom stereocenters. The molecule has 0 unspecified atom stereocenters. The maximum atomic E-state index is 14.5. The Hall–Kier alpha value is -4.93. The van der Waals surface area contributed by atoms with Gasteiger partial charge in [-0.1, -0.05) is 0 Å². The van der Waals surface area contributed by atoms with E-state index in [2.05, 4.69) is 30.6 Å². The van der Waals surface area contributed by atoms with E-state index in [1.807, 2.05) is 6.07 Å². The number of aromatic nitrogens is 4. The first kappa shape index (κ1) is 23.8. The number of nitrogens with one attached hydrogen (secondary N) is 4. The van der Waals surface area contributed by atoms with Crippen molar-refractivity contribution in [1.29, 1.82) is 0 Å². The largest absolute Gasteiger partial charge is 0.461 e. The third-order valence-electron chi connectivity index (χ3n) is 5.50. The number of H-pyrrole nitrogens is 2. The van der Waals surface area contributed by atoms with Crippen LogP contribution in [0.3, 0.4) is 0 Å². The molecule has 188 valence electrons. The molecule has 4 N–H and O–H groups in total. The number of aromatic amines is 2. The maximum Gasteiger partial charge on any atom is 0.354 e. The van der Waals surface area contributed by atoms with Crippen molar-refractivity contribution in [2.24, 2.45) is 0 Å². The number of hydrogen-bond donors (Lipinski definition) is 4. The first-order chi connectivity index (χ1) is 17.9. The number of esters is 2. The number of carbonyl (C=O) groups is 2. The summed E-state index contributed by atoms with van der Waals surface area (Å²) >= 11 is 0. The van der Waals surface area contributed by atoms with Crippen molar-refractivity contribution in [1.82, 2.24) is 19.9 Å². The fourth-order valence-electron chi connectivity index (χ4n) is 3.84. The van der Waals surface area contributed by atoms with Crippen molar-refractivity contribution in [2.45, 2.75) is 13.8 Å². The van der Waals surface area contributed by atoms with E-state index in [1.54, 1.807) is 56.3 Å². The van der Waals surface area contributed by atoms with E-state index >= 15 is 0 Å². The Bertz CT molecular complexity index is 1630. The van der Waals surface area contributed by atoms with Gasteiger partial charge in [-0.05, 0) is 62.4 Å². The Morgan fingerprint density at radius 3 is 1.92 bits per heavy atom. The molecule has 0 aliphatic rings. The minimum Gasteiger partial charge on any atom is -0.461 e. The number of ether oxygens (including phenoxy) is 2. The number of rotatable bonds is 8. The highest BCUT2D eigenvalue weighted by Crippen LogP contribution is 2.26. The van der Waals surface area contributed by atoms with Gasteiger partial charge < -0.3 is 30.1 Å². The van der Waals surface area contributed by atoms with Gasteiger partial charge in [0.05, 0.1) is 19.4 Å². The number of fused-ring (bicyclic) bond motifs is 2. The predicted molar refractivity (Wildman–Crippen MR) is 137 cm³/mol. The van der Waals surface area contributed by atoms with E-state index < -0.39 is 17.8 Å². The van der Waals surface area contributed by atoms with Gasteiger partial charge >= 0.3 is 11.9 Å². The van der Waals surface area contributed by atoms with Crippen LogP contribution in [0.2, 0.25) is 0 Å². The van der Waals surface area contributed by atoms with Crippen LogP contribution < -0.4 is 10.6 Å². The van der Waals surface area contributed by atoms with E-state index in [-0.39, 0.29) is 25.0 Å². The monoisotopic (exact) mass is 502 g/mol. The first-order valence-corrected chi connectivity index (χ1v) is 11.6. The Kier molecular flexibility index (Phi) is 6.42. The van der Waals surface area contributed by atoms with Crippen LogP contribution >= 0.6 is 0 Å². The summed E-state index contributed by atoms with van der Waals surface area (Å²) in [5, 5.41) is 7.55. The summed E-state index contributed by atoms with van der Waals surface area (Å²) in [5.74, 6) is -1.35. The molecule has 0 saturated carbocycles. The quantitative estimate of drug-likeness (QED) is 0.207. The smallest absolute Gasteiger partial charge is 0.354 e. The SMILES string of the molecule is CCOC(=O)c1cc2cc(Nc3ncc(F)c(Nc4ccc5[nH]c(C(=O)OCC)cc5c4)n3)ccc2[nH]1. The molecule has 5 rings (SSSR count). The summed E-state index contributed by atoms with van der Waals surface area (Å²) < 4.78 is 24.6. The van der Waals surface area contributed by atoms with Crippen LogP contribution in [-0.4, -0.2) is 45.1 Å². The van der Waals surface area contributed by atoms with Crippen LogP contribution in [-0.2, 0) is 9.47 Å². The topological polar surface area (TPSA) is 134 Å². The third-order valence-corrected chi connectivity index (χ3v) is 5.50. The summed E-state index contributed by atoms with van der Waals surface area (Å²) in [6, 6.07) is 14.1. The van der Waals surface area contributed by atoms with Gasteiger partial charge in [0, 0.05) is 33.2 Å². The van der Waals surface area contributed by atoms with Crippen LogP contribution in [0.25, 0.3) is 21.8 Å². The third kappa shape index (κ3) is 5.06. The number of benzene rings is 2. The standard InChI is InChI=1S/C26H23FN6O4/c1-3-36-24(34)21-11-14-9-16(5-7-19(14)31-21)29-23-18(27)13-28-26(33-23)30-17-6-8-20-15(10-17)12-22(32-20)25(35)37-4-2/h5-13,31-32H,3-4H2,1-2H3,(H2,28,29,30,33). The maximum absolute atomic E-state index is 14.5. The summed E-state index contributed by atoms with van der Waals surface area (Å²) in [5.41, 5.74) is 3.42. The predicted octanol–water partition coefficient (Wildman–Crippen LogP) is 5.42. The molecular weight excluding hydrogens is 479 g/mol. The van der Waals surface area contributed by atoms with Crippen LogP contribution in [0.4, 0.5) is 27.5 Å². The summed E-state index contributed by atoms with van der Waals surface area (Å²) in [6.45, 7) is 4.04. The van der Waals surface area contributed by atoms with Crippen LogP contribution in [0.5, 0.6) is 0 Å². The minimum absolute atomic E-state index is 0.0229. The van der Waals surface area contributed by atoms with Gasteiger partial charge in [0.2, 0.25) is 5.95 Å². The average molecular weight is 503 g/mol. The van der Waals surface area contributed by atoms with Crippen molar-refractivity contribution in [3.8, 4) is 0 Å². The van der Waals surface area contributed by atoms with Gasteiger partial charge in [-0.15, -0.1) is 0 Å². The van der Waals surface area contributed by atoms with Gasteiger partial charge in [0.15, 0.2) is 11.6 Å². The molecule has 0 aliphatic carbocycles. The summed E-state index contributed by atoms with van der Waals surface area (Å²) in [6.07, 6.45) is 1.07. The number of carbonyl (C=O) groups excluding carboxylic acids is 2. The Morgan fingerprint density at radius 1 is 0.838 bits per heavy atom. The first-order valence-electron chi connectivity index (χ1n) is 11.6. The molecule has 3 aromatic heterocycles. The molecule has 0 aliphatic heterocycles. The molecule has 11 heteroatoms. The van der Waals surface area contributed by atoms with Gasteiger partial charge in [-0.25, -0.2) is 19.0 Å². The van der Waals surface area contributed by atoms with Crippen LogP contribution in [0.1, 0.15) is 34.8 Å². The highest BCUT2D eigenvalue weighted by molar-refractivity contribution is 5.96. The van der Waals surface area contributed by atoms with E-state index in [0.29, 0.717) is 22.8 Å². The lowest BCUT2D eigenvalue weighted by Gasteiger charge is -2.10. The summed E-state index contributed by atoms with van der Waals surface area (Å²) in [4.78, 5) is 38.3. The van der Waals surface area contributed by atoms with E-state index in [4.69, 9.17) is 9.47 Å².